The zero-order valence-electron chi connectivity index (χ0n) is 9.29. The van der Waals surface area contributed by atoms with Crippen molar-refractivity contribution in [3.63, 3.8) is 0 Å². The Bertz CT molecular complexity index is 362. The summed E-state index contributed by atoms with van der Waals surface area (Å²) in [4.78, 5) is 2.01. The highest BCUT2D eigenvalue weighted by molar-refractivity contribution is 6.30. The molecule has 0 saturated heterocycles. The summed E-state index contributed by atoms with van der Waals surface area (Å²) in [5.74, 6) is 0. The molecule has 0 unspecified atom stereocenters. The molecule has 0 saturated carbocycles. The quantitative estimate of drug-likeness (QED) is 0.786. The summed E-state index contributed by atoms with van der Waals surface area (Å²) in [6.07, 6.45) is 0. The molecule has 0 heterocycles. The lowest BCUT2D eigenvalue weighted by Crippen LogP contribution is -2.38. The maximum atomic E-state index is 8.97. The van der Waals surface area contributed by atoms with Crippen LogP contribution in [-0.4, -0.2) is 17.5 Å². The van der Waals surface area contributed by atoms with Gasteiger partial charge in [0, 0.05) is 11.6 Å². The van der Waals surface area contributed by atoms with Crippen molar-refractivity contribution in [2.24, 2.45) is 0 Å². The normalized spacial score (nSPS) is 11.5. The van der Waals surface area contributed by atoms with Gasteiger partial charge in [-0.05, 0) is 38.6 Å². The van der Waals surface area contributed by atoms with Gasteiger partial charge < -0.3 is 0 Å². The number of nitrogens with zero attached hydrogens (tertiary/aromatic N) is 2. The maximum Gasteiger partial charge on any atom is 0.103 e. The second kappa shape index (κ2) is 4.65. The highest BCUT2D eigenvalue weighted by atomic mass is 35.5. The summed E-state index contributed by atoms with van der Waals surface area (Å²) in [5.41, 5.74) is 0.713. The summed E-state index contributed by atoms with van der Waals surface area (Å²) in [6, 6.07) is 9.96. The van der Waals surface area contributed by atoms with Gasteiger partial charge in [-0.2, -0.15) is 5.26 Å². The third-order valence-corrected chi connectivity index (χ3v) is 2.81. The Morgan fingerprint density at radius 3 is 2.33 bits per heavy atom. The van der Waals surface area contributed by atoms with Gasteiger partial charge in [0.25, 0.3) is 0 Å². The SMILES string of the molecule is CN(Cc1ccc(Cl)cc1)C(C)(C)C#N. The topological polar surface area (TPSA) is 27.0 Å². The van der Waals surface area contributed by atoms with Gasteiger partial charge in [0.15, 0.2) is 0 Å². The Kier molecular flexibility index (Phi) is 3.73. The third kappa shape index (κ3) is 3.23. The molecule has 2 nitrogen and oxygen atoms in total. The van der Waals surface area contributed by atoms with Crippen LogP contribution < -0.4 is 0 Å². The van der Waals surface area contributed by atoms with Gasteiger partial charge in [0.05, 0.1) is 6.07 Å². The largest absolute Gasteiger partial charge is 0.285 e. The van der Waals surface area contributed by atoms with Crippen LogP contribution in [0.15, 0.2) is 24.3 Å². The molecular formula is C12H15ClN2. The number of nitriles is 1. The summed E-state index contributed by atoms with van der Waals surface area (Å²) >= 11 is 5.80. The zero-order valence-corrected chi connectivity index (χ0v) is 10.0. The Morgan fingerprint density at radius 1 is 1.33 bits per heavy atom. The molecule has 0 aliphatic rings. The van der Waals surface area contributed by atoms with E-state index >= 15 is 0 Å². The lowest BCUT2D eigenvalue weighted by Gasteiger charge is -2.28. The van der Waals surface area contributed by atoms with Gasteiger partial charge >= 0.3 is 0 Å². The van der Waals surface area contributed by atoms with E-state index in [9.17, 15) is 0 Å². The maximum absolute atomic E-state index is 8.97. The van der Waals surface area contributed by atoms with Crippen molar-refractivity contribution in [3.05, 3.63) is 34.9 Å². The van der Waals surface area contributed by atoms with E-state index in [4.69, 9.17) is 16.9 Å². The van der Waals surface area contributed by atoms with E-state index in [1.807, 2.05) is 50.1 Å². The number of hydrogen-bond acceptors (Lipinski definition) is 2. The minimum Gasteiger partial charge on any atom is -0.285 e. The van der Waals surface area contributed by atoms with Crippen molar-refractivity contribution in [2.75, 3.05) is 7.05 Å². The van der Waals surface area contributed by atoms with Gasteiger partial charge in [-0.1, -0.05) is 23.7 Å². The van der Waals surface area contributed by atoms with E-state index in [0.29, 0.717) is 0 Å². The molecule has 0 bridgehead atoms. The molecule has 1 aromatic carbocycles. The molecule has 0 amide bonds. The first-order valence-corrected chi connectivity index (χ1v) is 5.20. The highest BCUT2D eigenvalue weighted by Gasteiger charge is 2.22. The van der Waals surface area contributed by atoms with E-state index < -0.39 is 5.54 Å². The molecule has 0 aromatic heterocycles. The van der Waals surface area contributed by atoms with E-state index in [-0.39, 0.29) is 0 Å². The molecule has 0 atom stereocenters. The number of rotatable bonds is 3. The average Bonchev–Trinajstić information content (AvgIpc) is 2.21. The van der Waals surface area contributed by atoms with Crippen molar-refractivity contribution in [1.82, 2.24) is 4.90 Å². The molecular weight excluding hydrogens is 208 g/mol. The predicted octanol–water partition coefficient (Wildman–Crippen LogP) is 3.07. The Hall–Kier alpha value is -1.04. The fourth-order valence-electron chi connectivity index (χ4n) is 1.15. The van der Waals surface area contributed by atoms with Crippen molar-refractivity contribution in [1.29, 1.82) is 5.26 Å². The molecule has 0 N–H and O–H groups in total. The standard InChI is InChI=1S/C12H15ClN2/c1-12(2,9-14)15(3)8-10-4-6-11(13)7-5-10/h4-7H,8H2,1-3H3. The van der Waals surface area contributed by atoms with Crippen LogP contribution >= 0.6 is 11.6 Å². The molecule has 0 spiro atoms. The van der Waals surface area contributed by atoms with Gasteiger partial charge in [0.1, 0.15) is 5.54 Å². The summed E-state index contributed by atoms with van der Waals surface area (Å²) in [6.45, 7) is 4.56. The van der Waals surface area contributed by atoms with Crippen molar-refractivity contribution < 1.29 is 0 Å². The molecule has 1 rings (SSSR count). The summed E-state index contributed by atoms with van der Waals surface area (Å²) in [7, 11) is 1.94. The van der Waals surface area contributed by atoms with Crippen LogP contribution in [0.3, 0.4) is 0 Å². The van der Waals surface area contributed by atoms with E-state index in [2.05, 4.69) is 6.07 Å². The van der Waals surface area contributed by atoms with Crippen LogP contribution in [0.25, 0.3) is 0 Å². The zero-order chi connectivity index (χ0) is 11.5. The van der Waals surface area contributed by atoms with Crippen molar-refractivity contribution in [3.8, 4) is 6.07 Å². The Balaban J connectivity index is 2.71. The van der Waals surface area contributed by atoms with Crippen LogP contribution in [0.1, 0.15) is 19.4 Å². The van der Waals surface area contributed by atoms with Crippen molar-refractivity contribution in [2.45, 2.75) is 25.9 Å². The third-order valence-electron chi connectivity index (χ3n) is 2.56. The first-order valence-electron chi connectivity index (χ1n) is 4.82. The molecule has 0 aliphatic heterocycles. The molecule has 1 aromatic rings. The van der Waals surface area contributed by atoms with Gasteiger partial charge in [-0.25, -0.2) is 0 Å². The summed E-state index contributed by atoms with van der Waals surface area (Å²) in [5, 5.41) is 9.71. The average molecular weight is 223 g/mol. The van der Waals surface area contributed by atoms with E-state index in [1.54, 1.807) is 0 Å². The van der Waals surface area contributed by atoms with Gasteiger partial charge in [-0.3, -0.25) is 4.90 Å². The minimum atomic E-state index is -0.445. The van der Waals surface area contributed by atoms with Crippen LogP contribution in [0.5, 0.6) is 0 Å². The van der Waals surface area contributed by atoms with Crippen LogP contribution in [0.2, 0.25) is 5.02 Å². The second-order valence-electron chi connectivity index (χ2n) is 4.15. The molecule has 3 heteroatoms. The van der Waals surface area contributed by atoms with Gasteiger partial charge in [0.2, 0.25) is 0 Å². The molecule has 0 fully saturated rings. The summed E-state index contributed by atoms with van der Waals surface area (Å²) < 4.78 is 0. The van der Waals surface area contributed by atoms with E-state index in [1.165, 1.54) is 0 Å². The number of halogens is 1. The van der Waals surface area contributed by atoms with Crippen molar-refractivity contribution >= 4 is 11.6 Å². The number of hydrogen-bond donors (Lipinski definition) is 0. The molecule has 0 aliphatic carbocycles. The monoisotopic (exact) mass is 222 g/mol. The number of benzene rings is 1. The first-order chi connectivity index (χ1) is 6.95. The van der Waals surface area contributed by atoms with Crippen LogP contribution in [0, 0.1) is 11.3 Å². The lowest BCUT2D eigenvalue weighted by molar-refractivity contribution is 0.203. The van der Waals surface area contributed by atoms with E-state index in [0.717, 1.165) is 17.1 Å². The van der Waals surface area contributed by atoms with Crippen LogP contribution in [-0.2, 0) is 6.54 Å². The predicted molar refractivity (Wildman–Crippen MR) is 62.6 cm³/mol. The fourth-order valence-corrected chi connectivity index (χ4v) is 1.27. The Labute approximate surface area is 96.1 Å². The molecule has 80 valence electrons. The first kappa shape index (κ1) is 12.0. The Morgan fingerprint density at radius 2 is 1.87 bits per heavy atom. The molecule has 15 heavy (non-hydrogen) atoms. The minimum absolute atomic E-state index is 0.445. The fraction of sp³-hybridized carbons (Fsp3) is 0.417. The second-order valence-corrected chi connectivity index (χ2v) is 4.59. The van der Waals surface area contributed by atoms with Crippen LogP contribution in [0.4, 0.5) is 0 Å². The van der Waals surface area contributed by atoms with Gasteiger partial charge in [-0.15, -0.1) is 0 Å². The smallest absolute Gasteiger partial charge is 0.103 e. The lowest BCUT2D eigenvalue weighted by atomic mass is 10.1. The highest BCUT2D eigenvalue weighted by Crippen LogP contribution is 2.16. The molecule has 0 radical (unpaired) electrons.